The van der Waals surface area contributed by atoms with Crippen LogP contribution >= 0.6 is 11.8 Å². The lowest BCUT2D eigenvalue weighted by Crippen LogP contribution is -2.07. The largest absolute Gasteiger partial charge is 0.396 e. The summed E-state index contributed by atoms with van der Waals surface area (Å²) in [6.45, 7) is 4.50. The quantitative estimate of drug-likeness (QED) is 0.577. The van der Waals surface area contributed by atoms with Gasteiger partial charge in [0.05, 0.1) is 19.8 Å². The molecule has 1 unspecified atom stereocenters. The van der Waals surface area contributed by atoms with Gasteiger partial charge in [0, 0.05) is 24.7 Å². The molecule has 0 saturated carbocycles. The van der Waals surface area contributed by atoms with Crippen molar-refractivity contribution < 1.29 is 14.6 Å². The SMILES string of the molecule is COCCOCCSC(C)CCO. The van der Waals surface area contributed by atoms with Crippen LogP contribution in [0.1, 0.15) is 13.3 Å². The van der Waals surface area contributed by atoms with Crippen molar-refractivity contribution in [1.82, 2.24) is 0 Å². The van der Waals surface area contributed by atoms with Gasteiger partial charge in [-0.15, -0.1) is 0 Å². The molecular weight excluding hydrogens is 188 g/mol. The molecule has 0 radical (unpaired) electrons. The number of rotatable bonds is 9. The van der Waals surface area contributed by atoms with Crippen molar-refractivity contribution >= 4 is 11.8 Å². The minimum atomic E-state index is 0.276. The smallest absolute Gasteiger partial charge is 0.0700 e. The molecule has 0 aliphatic carbocycles. The third kappa shape index (κ3) is 10.1. The number of hydrogen-bond donors (Lipinski definition) is 1. The first-order valence-corrected chi connectivity index (χ1v) is 5.65. The molecule has 0 aliphatic rings. The van der Waals surface area contributed by atoms with Crippen LogP contribution in [0.2, 0.25) is 0 Å². The molecule has 0 spiro atoms. The molecule has 80 valence electrons. The molecule has 0 fully saturated rings. The summed E-state index contributed by atoms with van der Waals surface area (Å²) in [6.07, 6.45) is 0.864. The van der Waals surface area contributed by atoms with E-state index in [4.69, 9.17) is 14.6 Å². The normalized spacial score (nSPS) is 13.2. The lowest BCUT2D eigenvalue weighted by Gasteiger charge is -2.09. The van der Waals surface area contributed by atoms with Gasteiger partial charge in [-0.05, 0) is 6.42 Å². The van der Waals surface area contributed by atoms with Crippen molar-refractivity contribution in [3.8, 4) is 0 Å². The van der Waals surface area contributed by atoms with E-state index in [0.29, 0.717) is 18.5 Å². The Labute approximate surface area is 84.8 Å². The molecule has 0 saturated heterocycles. The van der Waals surface area contributed by atoms with Gasteiger partial charge in [-0.25, -0.2) is 0 Å². The van der Waals surface area contributed by atoms with Crippen LogP contribution < -0.4 is 0 Å². The summed E-state index contributed by atoms with van der Waals surface area (Å²) >= 11 is 1.83. The van der Waals surface area contributed by atoms with Crippen LogP contribution in [0.4, 0.5) is 0 Å². The monoisotopic (exact) mass is 208 g/mol. The summed E-state index contributed by atoms with van der Waals surface area (Å²) in [5, 5.41) is 9.17. The predicted octanol–water partition coefficient (Wildman–Crippen LogP) is 1.15. The van der Waals surface area contributed by atoms with E-state index in [0.717, 1.165) is 18.8 Å². The summed E-state index contributed by atoms with van der Waals surface area (Å²) < 4.78 is 10.1. The van der Waals surface area contributed by atoms with Crippen LogP contribution in [0.25, 0.3) is 0 Å². The molecule has 0 aromatic heterocycles. The molecule has 0 bridgehead atoms. The Hall–Kier alpha value is 0.230. The van der Waals surface area contributed by atoms with Crippen molar-refractivity contribution in [2.24, 2.45) is 0 Å². The third-order valence-corrected chi connectivity index (χ3v) is 2.80. The summed E-state index contributed by atoms with van der Waals surface area (Å²) in [5.41, 5.74) is 0. The molecule has 1 N–H and O–H groups in total. The minimum Gasteiger partial charge on any atom is -0.396 e. The zero-order valence-electron chi connectivity index (χ0n) is 8.49. The first-order valence-electron chi connectivity index (χ1n) is 4.60. The van der Waals surface area contributed by atoms with Crippen LogP contribution in [0, 0.1) is 0 Å². The summed E-state index contributed by atoms with van der Waals surface area (Å²) in [7, 11) is 1.67. The highest BCUT2D eigenvalue weighted by Gasteiger charge is 2.00. The van der Waals surface area contributed by atoms with Crippen LogP contribution in [-0.2, 0) is 9.47 Å². The maximum atomic E-state index is 8.65. The van der Waals surface area contributed by atoms with Gasteiger partial charge in [0.15, 0.2) is 0 Å². The Bertz CT molecular complexity index is 101. The van der Waals surface area contributed by atoms with E-state index in [1.54, 1.807) is 7.11 Å². The van der Waals surface area contributed by atoms with E-state index < -0.39 is 0 Å². The lowest BCUT2D eigenvalue weighted by molar-refractivity contribution is 0.0790. The van der Waals surface area contributed by atoms with Gasteiger partial charge in [-0.3, -0.25) is 0 Å². The van der Waals surface area contributed by atoms with E-state index in [1.165, 1.54) is 0 Å². The van der Waals surface area contributed by atoms with E-state index in [1.807, 2.05) is 11.8 Å². The number of hydrogen-bond acceptors (Lipinski definition) is 4. The van der Waals surface area contributed by atoms with Crippen molar-refractivity contribution in [1.29, 1.82) is 0 Å². The fourth-order valence-corrected chi connectivity index (χ4v) is 1.71. The summed E-state index contributed by atoms with van der Waals surface area (Å²) in [4.78, 5) is 0. The third-order valence-electron chi connectivity index (χ3n) is 1.60. The molecule has 0 aromatic rings. The Morgan fingerprint density at radius 3 is 2.69 bits per heavy atom. The topological polar surface area (TPSA) is 38.7 Å². The van der Waals surface area contributed by atoms with Gasteiger partial charge in [-0.1, -0.05) is 6.92 Å². The molecule has 3 nitrogen and oxygen atoms in total. The molecular formula is C9H20O3S. The molecule has 4 heteroatoms. The maximum Gasteiger partial charge on any atom is 0.0700 e. The fraction of sp³-hybridized carbons (Fsp3) is 1.00. The molecule has 0 heterocycles. The van der Waals surface area contributed by atoms with Gasteiger partial charge in [-0.2, -0.15) is 11.8 Å². The summed E-state index contributed by atoms with van der Waals surface area (Å²) in [5.74, 6) is 0.991. The van der Waals surface area contributed by atoms with Gasteiger partial charge in [0.25, 0.3) is 0 Å². The molecule has 0 rings (SSSR count). The highest BCUT2D eigenvalue weighted by molar-refractivity contribution is 7.99. The van der Waals surface area contributed by atoms with Gasteiger partial charge >= 0.3 is 0 Å². The number of aliphatic hydroxyl groups is 1. The van der Waals surface area contributed by atoms with Gasteiger partial charge in [0.2, 0.25) is 0 Å². The van der Waals surface area contributed by atoms with Crippen molar-refractivity contribution in [3.05, 3.63) is 0 Å². The predicted molar refractivity (Wildman–Crippen MR) is 56.3 cm³/mol. The first-order chi connectivity index (χ1) is 6.31. The van der Waals surface area contributed by atoms with Crippen molar-refractivity contribution in [2.45, 2.75) is 18.6 Å². The van der Waals surface area contributed by atoms with Crippen LogP contribution in [0.3, 0.4) is 0 Å². The second kappa shape index (κ2) is 10.3. The Kier molecular flexibility index (Phi) is 10.5. The Morgan fingerprint density at radius 2 is 2.08 bits per heavy atom. The average molecular weight is 208 g/mol. The molecule has 0 aliphatic heterocycles. The first kappa shape index (κ1) is 13.2. The minimum absolute atomic E-state index is 0.276. The molecule has 1 atom stereocenters. The van der Waals surface area contributed by atoms with E-state index in [9.17, 15) is 0 Å². The van der Waals surface area contributed by atoms with Crippen molar-refractivity contribution in [2.75, 3.05) is 39.3 Å². The summed E-state index contributed by atoms with van der Waals surface area (Å²) in [6, 6.07) is 0. The zero-order chi connectivity index (χ0) is 9.94. The van der Waals surface area contributed by atoms with Crippen LogP contribution in [0.5, 0.6) is 0 Å². The van der Waals surface area contributed by atoms with E-state index >= 15 is 0 Å². The van der Waals surface area contributed by atoms with Crippen LogP contribution in [0.15, 0.2) is 0 Å². The Balaban J connectivity index is 2.97. The second-order valence-corrected chi connectivity index (χ2v) is 4.35. The maximum absolute atomic E-state index is 8.65. The standard InChI is InChI=1S/C9H20O3S/c1-9(3-4-10)13-8-7-12-6-5-11-2/h9-10H,3-8H2,1-2H3. The Morgan fingerprint density at radius 1 is 1.31 bits per heavy atom. The van der Waals surface area contributed by atoms with Crippen LogP contribution in [-0.4, -0.2) is 49.6 Å². The fourth-order valence-electron chi connectivity index (χ4n) is 0.818. The van der Waals surface area contributed by atoms with E-state index in [2.05, 4.69) is 6.92 Å². The number of ether oxygens (including phenoxy) is 2. The molecule has 0 aromatic carbocycles. The number of thioether (sulfide) groups is 1. The molecule has 0 amide bonds. The lowest BCUT2D eigenvalue weighted by atomic mass is 10.3. The van der Waals surface area contributed by atoms with Gasteiger partial charge in [0.1, 0.15) is 0 Å². The van der Waals surface area contributed by atoms with Crippen molar-refractivity contribution in [3.63, 3.8) is 0 Å². The highest BCUT2D eigenvalue weighted by Crippen LogP contribution is 2.12. The molecule has 13 heavy (non-hydrogen) atoms. The second-order valence-electron chi connectivity index (χ2n) is 2.80. The zero-order valence-corrected chi connectivity index (χ0v) is 9.31. The van der Waals surface area contributed by atoms with E-state index in [-0.39, 0.29) is 6.61 Å². The van der Waals surface area contributed by atoms with Gasteiger partial charge < -0.3 is 14.6 Å². The number of methoxy groups -OCH3 is 1. The average Bonchev–Trinajstić information content (AvgIpc) is 2.11. The highest BCUT2D eigenvalue weighted by atomic mass is 32.2. The number of aliphatic hydroxyl groups excluding tert-OH is 1.